The van der Waals surface area contributed by atoms with E-state index in [2.05, 4.69) is 15.4 Å². The Labute approximate surface area is 141 Å². The highest BCUT2D eigenvalue weighted by atomic mass is 16.5. The summed E-state index contributed by atoms with van der Waals surface area (Å²) in [6.45, 7) is 5.18. The molecule has 0 fully saturated rings. The number of carbonyl (C=O) groups excluding carboxylic acids is 3. The van der Waals surface area contributed by atoms with Crippen LogP contribution in [0.1, 0.15) is 26.3 Å². The van der Waals surface area contributed by atoms with E-state index in [4.69, 9.17) is 4.74 Å². The number of esters is 1. The minimum absolute atomic E-state index is 0.109. The van der Waals surface area contributed by atoms with Crippen LogP contribution in [0.3, 0.4) is 0 Å². The zero-order valence-electron chi connectivity index (χ0n) is 14.4. The van der Waals surface area contributed by atoms with Crippen LogP contribution >= 0.6 is 0 Å². The molecule has 7 heteroatoms. The van der Waals surface area contributed by atoms with Crippen LogP contribution < -0.4 is 10.6 Å². The summed E-state index contributed by atoms with van der Waals surface area (Å²) in [6, 6.07) is 7.59. The van der Waals surface area contributed by atoms with Crippen molar-refractivity contribution in [3.8, 4) is 0 Å². The second-order valence-electron chi connectivity index (χ2n) is 5.68. The molecule has 0 aliphatic carbocycles. The zero-order valence-corrected chi connectivity index (χ0v) is 14.4. The van der Waals surface area contributed by atoms with Crippen LogP contribution in [0.4, 0.5) is 4.79 Å². The third-order valence-electron chi connectivity index (χ3n) is 3.35. The molecule has 0 heterocycles. The lowest BCUT2D eigenvalue weighted by molar-refractivity contribution is -0.144. The highest BCUT2D eigenvalue weighted by Gasteiger charge is 2.27. The summed E-state index contributed by atoms with van der Waals surface area (Å²) in [7, 11) is 1.24. The lowest BCUT2D eigenvalue weighted by Gasteiger charge is -2.23. The number of carbonyl (C=O) groups is 3. The van der Waals surface area contributed by atoms with Gasteiger partial charge in [-0.1, -0.05) is 44.2 Å². The van der Waals surface area contributed by atoms with E-state index >= 15 is 0 Å². The number of rotatable bonds is 7. The van der Waals surface area contributed by atoms with Crippen molar-refractivity contribution in [1.29, 1.82) is 0 Å². The van der Waals surface area contributed by atoms with Crippen molar-refractivity contribution in [1.82, 2.24) is 10.6 Å². The first-order valence-corrected chi connectivity index (χ1v) is 7.70. The topological polar surface area (TPSA) is 93.7 Å². The summed E-state index contributed by atoms with van der Waals surface area (Å²) in [5.41, 5.74) is 0.845. The van der Waals surface area contributed by atoms with Crippen molar-refractivity contribution >= 4 is 18.0 Å². The zero-order chi connectivity index (χ0) is 18.1. The number of ether oxygens (including phenoxy) is 2. The minimum atomic E-state index is -0.819. The molecule has 0 saturated heterocycles. The van der Waals surface area contributed by atoms with E-state index in [1.165, 1.54) is 14.0 Å². The second kappa shape index (κ2) is 9.54. The first-order chi connectivity index (χ1) is 11.3. The summed E-state index contributed by atoms with van der Waals surface area (Å²) in [5.74, 6) is -1.21. The van der Waals surface area contributed by atoms with Gasteiger partial charge < -0.3 is 20.1 Å². The molecular weight excluding hydrogens is 312 g/mol. The van der Waals surface area contributed by atoms with Gasteiger partial charge in [0.05, 0.1) is 7.11 Å². The Morgan fingerprint density at radius 1 is 1.04 bits per heavy atom. The van der Waals surface area contributed by atoms with Gasteiger partial charge in [-0.05, 0) is 18.4 Å². The number of amides is 2. The fourth-order valence-electron chi connectivity index (χ4n) is 1.97. The Bertz CT molecular complexity index is 559. The quantitative estimate of drug-likeness (QED) is 0.738. The second-order valence-corrected chi connectivity index (χ2v) is 5.68. The summed E-state index contributed by atoms with van der Waals surface area (Å²) in [6.07, 6.45) is -0.696. The largest absolute Gasteiger partial charge is 0.467 e. The molecule has 0 bridgehead atoms. The molecule has 7 nitrogen and oxygen atoms in total. The Hall–Kier alpha value is -2.57. The molecule has 24 heavy (non-hydrogen) atoms. The number of hydrogen-bond acceptors (Lipinski definition) is 5. The predicted molar refractivity (Wildman–Crippen MR) is 88.0 cm³/mol. The Kier molecular flexibility index (Phi) is 7.74. The SMILES string of the molecule is COC(=O)[C@@H](C)NC(=O)[C@@H](NC(=O)OCc1ccccc1)C(C)C. The average Bonchev–Trinajstić information content (AvgIpc) is 2.57. The lowest BCUT2D eigenvalue weighted by Crippen LogP contribution is -2.53. The standard InChI is InChI=1S/C17H24N2O5/c1-11(2)14(15(20)18-12(3)16(21)23-4)19-17(22)24-10-13-8-6-5-7-9-13/h5-9,11-12,14H,10H2,1-4H3,(H,18,20)(H,19,22)/t12-,14+/m1/s1. The highest BCUT2D eigenvalue weighted by Crippen LogP contribution is 2.05. The van der Waals surface area contributed by atoms with Gasteiger partial charge in [0.1, 0.15) is 18.7 Å². The van der Waals surface area contributed by atoms with E-state index in [1.807, 2.05) is 30.3 Å². The average molecular weight is 336 g/mol. The van der Waals surface area contributed by atoms with Gasteiger partial charge in [-0.25, -0.2) is 9.59 Å². The molecule has 2 atom stereocenters. The molecule has 0 unspecified atom stereocenters. The molecule has 0 saturated carbocycles. The lowest BCUT2D eigenvalue weighted by atomic mass is 10.0. The van der Waals surface area contributed by atoms with Gasteiger partial charge in [0.15, 0.2) is 0 Å². The van der Waals surface area contributed by atoms with Crippen molar-refractivity contribution in [2.45, 2.75) is 39.5 Å². The molecule has 0 spiro atoms. The van der Waals surface area contributed by atoms with Crippen LogP contribution in [0.15, 0.2) is 30.3 Å². The molecule has 2 amide bonds. The van der Waals surface area contributed by atoms with Crippen LogP contribution in [0.2, 0.25) is 0 Å². The van der Waals surface area contributed by atoms with Gasteiger partial charge in [-0.2, -0.15) is 0 Å². The van der Waals surface area contributed by atoms with E-state index in [0.29, 0.717) is 0 Å². The fourth-order valence-corrected chi connectivity index (χ4v) is 1.97. The first kappa shape index (κ1) is 19.5. The maximum absolute atomic E-state index is 12.2. The molecule has 1 rings (SSSR count). The molecule has 1 aromatic carbocycles. The number of alkyl carbamates (subject to hydrolysis) is 1. The molecule has 0 radical (unpaired) electrons. The van der Waals surface area contributed by atoms with Crippen molar-refractivity contribution in [3.63, 3.8) is 0 Å². The molecule has 132 valence electrons. The molecule has 0 aromatic heterocycles. The number of benzene rings is 1. The van der Waals surface area contributed by atoms with Gasteiger partial charge in [0.2, 0.25) is 5.91 Å². The molecular formula is C17H24N2O5. The summed E-state index contributed by atoms with van der Waals surface area (Å²) in [5, 5.41) is 5.03. The summed E-state index contributed by atoms with van der Waals surface area (Å²) in [4.78, 5) is 35.5. The van der Waals surface area contributed by atoms with E-state index in [1.54, 1.807) is 13.8 Å². The number of nitrogens with one attached hydrogen (secondary N) is 2. The van der Waals surface area contributed by atoms with Crippen LogP contribution in [-0.2, 0) is 25.7 Å². The van der Waals surface area contributed by atoms with Crippen LogP contribution in [0, 0.1) is 5.92 Å². The van der Waals surface area contributed by atoms with Crippen molar-refractivity contribution in [2.75, 3.05) is 7.11 Å². The van der Waals surface area contributed by atoms with Crippen LogP contribution in [-0.4, -0.2) is 37.2 Å². The predicted octanol–water partition coefficient (Wildman–Crippen LogP) is 1.62. The monoisotopic (exact) mass is 336 g/mol. The van der Waals surface area contributed by atoms with Crippen molar-refractivity contribution < 1.29 is 23.9 Å². The van der Waals surface area contributed by atoms with E-state index in [-0.39, 0.29) is 12.5 Å². The van der Waals surface area contributed by atoms with Crippen LogP contribution in [0.5, 0.6) is 0 Å². The molecule has 0 aliphatic heterocycles. The van der Waals surface area contributed by atoms with Gasteiger partial charge in [-0.3, -0.25) is 4.79 Å². The molecule has 2 N–H and O–H groups in total. The summed E-state index contributed by atoms with van der Waals surface area (Å²) < 4.78 is 9.67. The van der Waals surface area contributed by atoms with Gasteiger partial charge in [0, 0.05) is 0 Å². The third kappa shape index (κ3) is 6.28. The fraction of sp³-hybridized carbons (Fsp3) is 0.471. The minimum Gasteiger partial charge on any atom is -0.467 e. The first-order valence-electron chi connectivity index (χ1n) is 7.70. The maximum atomic E-state index is 12.2. The maximum Gasteiger partial charge on any atom is 0.408 e. The van der Waals surface area contributed by atoms with Crippen molar-refractivity contribution in [2.24, 2.45) is 5.92 Å². The Balaban J connectivity index is 2.56. The highest BCUT2D eigenvalue weighted by molar-refractivity contribution is 5.89. The Morgan fingerprint density at radius 2 is 1.67 bits per heavy atom. The Morgan fingerprint density at radius 3 is 2.21 bits per heavy atom. The van der Waals surface area contributed by atoms with Gasteiger partial charge in [0.25, 0.3) is 0 Å². The van der Waals surface area contributed by atoms with Crippen LogP contribution in [0.25, 0.3) is 0 Å². The van der Waals surface area contributed by atoms with Gasteiger partial charge >= 0.3 is 12.1 Å². The van der Waals surface area contributed by atoms with E-state index in [9.17, 15) is 14.4 Å². The van der Waals surface area contributed by atoms with Gasteiger partial charge in [-0.15, -0.1) is 0 Å². The normalized spacial score (nSPS) is 12.9. The van der Waals surface area contributed by atoms with E-state index in [0.717, 1.165) is 5.56 Å². The number of methoxy groups -OCH3 is 1. The number of hydrogen-bond donors (Lipinski definition) is 2. The molecule has 1 aromatic rings. The molecule has 0 aliphatic rings. The van der Waals surface area contributed by atoms with E-state index < -0.39 is 30.1 Å². The smallest absolute Gasteiger partial charge is 0.408 e. The third-order valence-corrected chi connectivity index (χ3v) is 3.35. The van der Waals surface area contributed by atoms with Crippen molar-refractivity contribution in [3.05, 3.63) is 35.9 Å². The summed E-state index contributed by atoms with van der Waals surface area (Å²) >= 11 is 0.